The Labute approximate surface area is 167 Å². The molecule has 0 saturated carbocycles. The molecule has 0 unspecified atom stereocenters. The van der Waals surface area contributed by atoms with E-state index in [2.05, 4.69) is 38.4 Å². The van der Waals surface area contributed by atoms with E-state index in [0.717, 1.165) is 34.2 Å². The number of nitrogens with two attached hydrogens (primary N) is 1. The zero-order valence-corrected chi connectivity index (χ0v) is 17.0. The lowest BCUT2D eigenvalue weighted by Crippen LogP contribution is -2.18. The minimum Gasteiger partial charge on any atom is -0.313 e. The maximum absolute atomic E-state index is 11.8. The van der Waals surface area contributed by atoms with Crippen LogP contribution in [0.1, 0.15) is 11.3 Å². The number of nitrogens with zero attached hydrogens (tertiary/aromatic N) is 1. The van der Waals surface area contributed by atoms with Crippen LogP contribution in [0.2, 0.25) is 0 Å². The summed E-state index contributed by atoms with van der Waals surface area (Å²) in [5.74, 6) is 0. The summed E-state index contributed by atoms with van der Waals surface area (Å²) < 4.78 is 24.6. The Morgan fingerprint density at radius 3 is 2.59 bits per heavy atom. The zero-order valence-electron chi connectivity index (χ0n) is 14.6. The fourth-order valence-corrected chi connectivity index (χ4v) is 3.86. The molecule has 140 valence electrons. The minimum absolute atomic E-state index is 0.133. The van der Waals surface area contributed by atoms with Crippen LogP contribution in [0.25, 0.3) is 16.8 Å². The molecule has 0 fully saturated rings. The van der Waals surface area contributed by atoms with E-state index in [0.29, 0.717) is 11.8 Å². The first kappa shape index (κ1) is 19.7. The number of pyridine rings is 1. The normalized spacial score (nSPS) is 12.1. The van der Waals surface area contributed by atoms with Crippen LogP contribution in [0.3, 0.4) is 0 Å². The van der Waals surface area contributed by atoms with Crippen molar-refractivity contribution in [3.63, 3.8) is 0 Å². The van der Waals surface area contributed by atoms with Gasteiger partial charge in [-0.1, -0.05) is 52.3 Å². The van der Waals surface area contributed by atoms with Gasteiger partial charge in [0.1, 0.15) is 0 Å². The van der Waals surface area contributed by atoms with Gasteiger partial charge < -0.3 is 5.32 Å². The van der Waals surface area contributed by atoms with Crippen molar-refractivity contribution in [1.29, 1.82) is 0 Å². The predicted molar refractivity (Wildman–Crippen MR) is 113 cm³/mol. The van der Waals surface area contributed by atoms with Gasteiger partial charge in [0, 0.05) is 46.6 Å². The number of benzene rings is 2. The summed E-state index contributed by atoms with van der Waals surface area (Å²) in [5, 5.41) is 10.1. The zero-order chi connectivity index (χ0) is 19.3. The number of halogens is 1. The highest BCUT2D eigenvalue weighted by Crippen LogP contribution is 2.23. The van der Waals surface area contributed by atoms with E-state index in [1.54, 1.807) is 18.3 Å². The number of sulfonamides is 1. The first-order chi connectivity index (χ1) is 12.9. The van der Waals surface area contributed by atoms with Gasteiger partial charge >= 0.3 is 0 Å². The maximum atomic E-state index is 11.8. The average molecular weight is 446 g/mol. The van der Waals surface area contributed by atoms with E-state index in [1.165, 1.54) is 6.07 Å². The summed E-state index contributed by atoms with van der Waals surface area (Å²) >= 11 is 3.42. The second kappa shape index (κ2) is 8.75. The molecule has 0 aliphatic carbocycles. The summed E-state index contributed by atoms with van der Waals surface area (Å²) in [5.41, 5.74) is 1.99. The van der Waals surface area contributed by atoms with E-state index < -0.39 is 10.0 Å². The van der Waals surface area contributed by atoms with Crippen LogP contribution in [-0.2, 0) is 16.4 Å². The SMILES string of the molecule is NS(=O)(=O)c1cccc2c(CCNCC=Cc3ccc(Br)cc3)nccc12. The molecule has 1 heterocycles. The third kappa shape index (κ3) is 5.23. The molecule has 0 aliphatic rings. The number of hydrogen-bond donors (Lipinski definition) is 2. The smallest absolute Gasteiger partial charge is 0.238 e. The summed E-state index contributed by atoms with van der Waals surface area (Å²) in [7, 11) is -3.76. The second-order valence-electron chi connectivity index (χ2n) is 6.06. The molecule has 0 radical (unpaired) electrons. The third-order valence-electron chi connectivity index (χ3n) is 4.14. The molecule has 27 heavy (non-hydrogen) atoms. The Kier molecular flexibility index (Phi) is 6.38. The molecule has 5 nitrogen and oxygen atoms in total. The average Bonchev–Trinajstić information content (AvgIpc) is 2.65. The Balaban J connectivity index is 1.61. The first-order valence-electron chi connectivity index (χ1n) is 8.47. The van der Waals surface area contributed by atoms with Crippen molar-refractivity contribution < 1.29 is 8.42 Å². The summed E-state index contributed by atoms with van der Waals surface area (Å²) in [6, 6.07) is 14.9. The van der Waals surface area contributed by atoms with Crippen molar-refractivity contribution in [1.82, 2.24) is 10.3 Å². The van der Waals surface area contributed by atoms with Crippen molar-refractivity contribution in [3.8, 4) is 0 Å². The molecule has 1 aromatic heterocycles. The number of aromatic nitrogens is 1. The van der Waals surface area contributed by atoms with Crippen molar-refractivity contribution >= 4 is 42.8 Å². The molecule has 7 heteroatoms. The molecule has 3 rings (SSSR count). The first-order valence-corrected chi connectivity index (χ1v) is 10.8. The Morgan fingerprint density at radius 1 is 1.07 bits per heavy atom. The molecule has 0 aliphatic heterocycles. The maximum Gasteiger partial charge on any atom is 0.238 e. The molecular weight excluding hydrogens is 426 g/mol. The molecule has 3 N–H and O–H groups in total. The van der Waals surface area contributed by atoms with Crippen LogP contribution in [0.15, 0.2) is 70.2 Å². The number of nitrogens with one attached hydrogen (secondary N) is 1. The molecule has 0 spiro atoms. The quantitative estimate of drug-likeness (QED) is 0.545. The van der Waals surface area contributed by atoms with Crippen LogP contribution < -0.4 is 10.5 Å². The van der Waals surface area contributed by atoms with Gasteiger partial charge in [0.25, 0.3) is 0 Å². The van der Waals surface area contributed by atoms with E-state index in [1.807, 2.05) is 30.3 Å². The Morgan fingerprint density at radius 2 is 1.85 bits per heavy atom. The van der Waals surface area contributed by atoms with Gasteiger partial charge in [0.15, 0.2) is 0 Å². The lowest BCUT2D eigenvalue weighted by Gasteiger charge is -2.09. The van der Waals surface area contributed by atoms with Gasteiger partial charge in [-0.2, -0.15) is 0 Å². The van der Waals surface area contributed by atoms with Crippen LogP contribution in [0, 0.1) is 0 Å². The molecule has 0 atom stereocenters. The van der Waals surface area contributed by atoms with Gasteiger partial charge in [-0.15, -0.1) is 0 Å². The minimum atomic E-state index is -3.76. The highest BCUT2D eigenvalue weighted by Gasteiger charge is 2.13. The van der Waals surface area contributed by atoms with Crippen molar-refractivity contribution in [2.75, 3.05) is 13.1 Å². The van der Waals surface area contributed by atoms with Crippen molar-refractivity contribution in [2.45, 2.75) is 11.3 Å². The Bertz CT molecular complexity index is 1060. The van der Waals surface area contributed by atoms with Crippen LogP contribution >= 0.6 is 15.9 Å². The standard InChI is InChI=1S/C20H20BrN3O2S/c21-16-8-6-15(7-9-16)3-2-12-23-13-11-19-17-4-1-5-20(27(22,25)26)18(17)10-14-24-19/h1-10,14,23H,11-13H2,(H2,22,25,26). The lowest BCUT2D eigenvalue weighted by molar-refractivity contribution is 0.598. The fraction of sp³-hybridized carbons (Fsp3) is 0.150. The topological polar surface area (TPSA) is 85.1 Å². The monoisotopic (exact) mass is 445 g/mol. The number of hydrogen-bond acceptors (Lipinski definition) is 4. The van der Waals surface area contributed by atoms with Crippen molar-refractivity contribution in [2.24, 2.45) is 5.14 Å². The second-order valence-corrected chi connectivity index (χ2v) is 8.51. The lowest BCUT2D eigenvalue weighted by atomic mass is 10.1. The van der Waals surface area contributed by atoms with Gasteiger partial charge in [0.05, 0.1) is 4.90 Å². The Hall–Kier alpha value is -2.06. The summed E-state index contributed by atoms with van der Waals surface area (Å²) in [6.45, 7) is 1.47. The third-order valence-corrected chi connectivity index (χ3v) is 5.63. The molecule has 3 aromatic rings. The summed E-state index contributed by atoms with van der Waals surface area (Å²) in [4.78, 5) is 4.54. The molecular formula is C20H20BrN3O2S. The molecule has 0 saturated heterocycles. The summed E-state index contributed by atoms with van der Waals surface area (Å²) in [6.07, 6.45) is 6.45. The van der Waals surface area contributed by atoms with Gasteiger partial charge in [-0.3, -0.25) is 4.98 Å². The van der Waals surface area contributed by atoms with E-state index in [4.69, 9.17) is 5.14 Å². The fourth-order valence-electron chi connectivity index (χ4n) is 2.85. The number of rotatable bonds is 7. The number of fused-ring (bicyclic) bond motifs is 1. The van der Waals surface area contributed by atoms with Gasteiger partial charge in [0.2, 0.25) is 10.0 Å². The highest BCUT2D eigenvalue weighted by molar-refractivity contribution is 9.10. The number of primary sulfonamides is 1. The molecule has 2 aromatic carbocycles. The van der Waals surface area contributed by atoms with Crippen LogP contribution in [-0.4, -0.2) is 26.5 Å². The predicted octanol–water partition coefficient (Wildman–Crippen LogP) is 3.49. The van der Waals surface area contributed by atoms with E-state index in [9.17, 15) is 8.42 Å². The largest absolute Gasteiger partial charge is 0.313 e. The highest BCUT2D eigenvalue weighted by atomic mass is 79.9. The molecule has 0 amide bonds. The van der Waals surface area contributed by atoms with Crippen molar-refractivity contribution in [3.05, 3.63) is 76.5 Å². The van der Waals surface area contributed by atoms with E-state index in [-0.39, 0.29) is 4.90 Å². The van der Waals surface area contributed by atoms with Gasteiger partial charge in [-0.05, 0) is 29.8 Å². The van der Waals surface area contributed by atoms with Crippen LogP contribution in [0.5, 0.6) is 0 Å². The van der Waals surface area contributed by atoms with Crippen LogP contribution in [0.4, 0.5) is 0 Å². The molecule has 0 bridgehead atoms. The van der Waals surface area contributed by atoms with Gasteiger partial charge in [-0.25, -0.2) is 13.6 Å². The van der Waals surface area contributed by atoms with E-state index >= 15 is 0 Å².